The molecule has 0 amide bonds. The van der Waals surface area contributed by atoms with Crippen LogP contribution in [0.25, 0.3) is 0 Å². The molecule has 0 radical (unpaired) electrons. The minimum Gasteiger partial charge on any atom is -0.478 e. The van der Waals surface area contributed by atoms with Crippen molar-refractivity contribution in [2.45, 2.75) is 26.7 Å². The van der Waals surface area contributed by atoms with Gasteiger partial charge in [-0.3, -0.25) is 0 Å². The van der Waals surface area contributed by atoms with Crippen molar-refractivity contribution in [2.75, 3.05) is 13.2 Å². The van der Waals surface area contributed by atoms with Crippen LogP contribution < -0.4 is 0 Å². The average Bonchev–Trinajstić information content (AvgIpc) is 2.47. The summed E-state index contributed by atoms with van der Waals surface area (Å²) in [6.45, 7) is 3.29. The van der Waals surface area contributed by atoms with Gasteiger partial charge in [-0.25, -0.2) is 9.59 Å². The van der Waals surface area contributed by atoms with E-state index in [1.807, 2.05) is 0 Å². The summed E-state index contributed by atoms with van der Waals surface area (Å²) in [5.41, 5.74) is 0.944. The topological polar surface area (TPSA) is 115 Å². The van der Waals surface area contributed by atoms with Crippen molar-refractivity contribution in [1.82, 2.24) is 0 Å². The van der Waals surface area contributed by atoms with E-state index in [1.165, 1.54) is 12.1 Å². The molecule has 4 N–H and O–H groups in total. The third-order valence-corrected chi connectivity index (χ3v) is 3.62. The molecule has 0 aliphatic heterocycles. The standard InChI is InChI=1S/C16H22O6/c1-9(7-17)5-13-11(15(19)20)3-4-12(16(21)22)14(13)6-10(2)8-18/h3-4,9-10,17-18H,5-8H2,1-2H3,(H,19,20)(H,21,22). The van der Waals surface area contributed by atoms with Crippen LogP contribution in [0.15, 0.2) is 12.1 Å². The predicted octanol–water partition coefficient (Wildman–Crippen LogP) is 1.42. The molecule has 122 valence electrons. The van der Waals surface area contributed by atoms with Crippen molar-refractivity contribution in [2.24, 2.45) is 11.8 Å². The molecule has 0 aromatic heterocycles. The summed E-state index contributed by atoms with van der Waals surface area (Å²) in [6, 6.07) is 2.58. The Morgan fingerprint density at radius 3 is 1.41 bits per heavy atom. The van der Waals surface area contributed by atoms with E-state index in [1.54, 1.807) is 13.8 Å². The molecule has 0 heterocycles. The molecule has 1 aromatic carbocycles. The molecular formula is C16H22O6. The third kappa shape index (κ3) is 4.29. The molecule has 6 nitrogen and oxygen atoms in total. The minimum atomic E-state index is -1.13. The molecule has 0 fully saturated rings. The lowest BCUT2D eigenvalue weighted by Crippen LogP contribution is -2.18. The lowest BCUT2D eigenvalue weighted by atomic mass is 9.85. The van der Waals surface area contributed by atoms with Crippen LogP contribution in [0, 0.1) is 11.8 Å². The van der Waals surface area contributed by atoms with Crippen molar-refractivity contribution in [3.8, 4) is 0 Å². The van der Waals surface area contributed by atoms with Gasteiger partial charge in [-0.15, -0.1) is 0 Å². The molecule has 0 aliphatic rings. The van der Waals surface area contributed by atoms with Crippen LogP contribution in [0.4, 0.5) is 0 Å². The fraction of sp³-hybridized carbons (Fsp3) is 0.500. The zero-order chi connectivity index (χ0) is 16.9. The second kappa shape index (κ2) is 7.91. The fourth-order valence-electron chi connectivity index (χ4n) is 2.39. The summed E-state index contributed by atoms with van der Waals surface area (Å²) in [6.07, 6.45) is 0.541. The van der Waals surface area contributed by atoms with E-state index in [2.05, 4.69) is 0 Å². The van der Waals surface area contributed by atoms with Crippen LogP contribution in [-0.2, 0) is 12.8 Å². The van der Waals surface area contributed by atoms with Crippen LogP contribution >= 0.6 is 0 Å². The van der Waals surface area contributed by atoms with Gasteiger partial charge >= 0.3 is 11.9 Å². The molecular weight excluding hydrogens is 288 g/mol. The number of carbonyl (C=O) groups is 2. The van der Waals surface area contributed by atoms with E-state index in [0.29, 0.717) is 11.1 Å². The molecule has 2 unspecified atom stereocenters. The summed E-state index contributed by atoms with van der Waals surface area (Å²) in [4.78, 5) is 22.8. The summed E-state index contributed by atoms with van der Waals surface area (Å²) in [5, 5.41) is 37.1. The number of aromatic carboxylic acids is 2. The van der Waals surface area contributed by atoms with Gasteiger partial charge in [0.15, 0.2) is 0 Å². The van der Waals surface area contributed by atoms with Crippen LogP contribution in [0.2, 0.25) is 0 Å². The number of aliphatic hydroxyl groups is 2. The monoisotopic (exact) mass is 310 g/mol. The van der Waals surface area contributed by atoms with Gasteiger partial charge in [0, 0.05) is 13.2 Å². The first-order chi connectivity index (χ1) is 10.3. The number of benzene rings is 1. The van der Waals surface area contributed by atoms with Crippen molar-refractivity contribution >= 4 is 11.9 Å². The molecule has 1 rings (SSSR count). The van der Waals surface area contributed by atoms with E-state index in [-0.39, 0.29) is 49.0 Å². The quantitative estimate of drug-likeness (QED) is 0.577. The predicted molar refractivity (Wildman–Crippen MR) is 80.3 cm³/mol. The largest absolute Gasteiger partial charge is 0.478 e. The van der Waals surface area contributed by atoms with Gasteiger partial charge < -0.3 is 20.4 Å². The lowest BCUT2D eigenvalue weighted by Gasteiger charge is -2.20. The van der Waals surface area contributed by atoms with Crippen LogP contribution in [0.5, 0.6) is 0 Å². The molecule has 2 atom stereocenters. The first kappa shape index (κ1) is 18.1. The maximum absolute atomic E-state index is 11.4. The molecule has 0 bridgehead atoms. The molecule has 0 saturated carbocycles. The Morgan fingerprint density at radius 1 is 0.864 bits per heavy atom. The number of aliphatic hydroxyl groups excluding tert-OH is 2. The van der Waals surface area contributed by atoms with Crippen molar-refractivity contribution in [3.63, 3.8) is 0 Å². The van der Waals surface area contributed by atoms with E-state index in [9.17, 15) is 30.0 Å². The van der Waals surface area contributed by atoms with Crippen molar-refractivity contribution in [3.05, 3.63) is 34.4 Å². The number of carboxylic acid groups (broad SMARTS) is 2. The number of hydrogen-bond acceptors (Lipinski definition) is 4. The Kier molecular flexibility index (Phi) is 6.52. The first-order valence-corrected chi connectivity index (χ1v) is 7.14. The number of hydrogen-bond donors (Lipinski definition) is 4. The van der Waals surface area contributed by atoms with Gasteiger partial charge in [-0.05, 0) is 47.9 Å². The molecule has 0 aliphatic carbocycles. The van der Waals surface area contributed by atoms with Gasteiger partial charge in [-0.2, -0.15) is 0 Å². The lowest BCUT2D eigenvalue weighted by molar-refractivity contribution is 0.0678. The molecule has 1 aromatic rings. The van der Waals surface area contributed by atoms with E-state index < -0.39 is 11.9 Å². The first-order valence-electron chi connectivity index (χ1n) is 7.14. The highest BCUT2D eigenvalue weighted by Gasteiger charge is 2.23. The van der Waals surface area contributed by atoms with Gasteiger partial charge in [0.05, 0.1) is 11.1 Å². The SMILES string of the molecule is CC(CO)Cc1c(C(=O)O)ccc(C(=O)O)c1CC(C)CO. The summed E-state index contributed by atoms with van der Waals surface area (Å²) in [7, 11) is 0. The average molecular weight is 310 g/mol. The Bertz CT molecular complexity index is 503. The Balaban J connectivity index is 3.50. The summed E-state index contributed by atoms with van der Waals surface area (Å²) >= 11 is 0. The van der Waals surface area contributed by atoms with Crippen LogP contribution in [0.1, 0.15) is 45.7 Å². The fourth-order valence-corrected chi connectivity index (χ4v) is 2.39. The highest BCUT2D eigenvalue weighted by molar-refractivity contribution is 5.95. The molecule has 0 spiro atoms. The van der Waals surface area contributed by atoms with Crippen LogP contribution in [0.3, 0.4) is 0 Å². The van der Waals surface area contributed by atoms with Gasteiger partial charge in [0.2, 0.25) is 0 Å². The zero-order valence-corrected chi connectivity index (χ0v) is 12.7. The van der Waals surface area contributed by atoms with Crippen molar-refractivity contribution < 1.29 is 30.0 Å². The Labute approximate surface area is 129 Å². The van der Waals surface area contributed by atoms with E-state index >= 15 is 0 Å². The normalized spacial score (nSPS) is 13.6. The summed E-state index contributed by atoms with van der Waals surface area (Å²) < 4.78 is 0. The highest BCUT2D eigenvalue weighted by atomic mass is 16.4. The molecule has 6 heteroatoms. The second-order valence-electron chi connectivity index (χ2n) is 5.71. The second-order valence-corrected chi connectivity index (χ2v) is 5.71. The Hall–Kier alpha value is -1.92. The maximum Gasteiger partial charge on any atom is 0.335 e. The highest BCUT2D eigenvalue weighted by Crippen LogP contribution is 2.26. The van der Waals surface area contributed by atoms with Gasteiger partial charge in [0.1, 0.15) is 0 Å². The minimum absolute atomic E-state index is 0.0467. The smallest absolute Gasteiger partial charge is 0.335 e. The van der Waals surface area contributed by atoms with Gasteiger partial charge in [-0.1, -0.05) is 13.8 Å². The molecule has 0 saturated heterocycles. The van der Waals surface area contributed by atoms with Crippen LogP contribution in [-0.4, -0.2) is 45.6 Å². The maximum atomic E-state index is 11.4. The molecule has 22 heavy (non-hydrogen) atoms. The summed E-state index contributed by atoms with van der Waals surface area (Å²) in [5.74, 6) is -2.64. The number of rotatable bonds is 8. The van der Waals surface area contributed by atoms with E-state index in [4.69, 9.17) is 0 Å². The van der Waals surface area contributed by atoms with E-state index in [0.717, 1.165) is 0 Å². The Morgan fingerprint density at radius 2 is 1.18 bits per heavy atom. The van der Waals surface area contributed by atoms with Gasteiger partial charge in [0.25, 0.3) is 0 Å². The third-order valence-electron chi connectivity index (χ3n) is 3.62. The van der Waals surface area contributed by atoms with Crippen molar-refractivity contribution in [1.29, 1.82) is 0 Å². The zero-order valence-electron chi connectivity index (χ0n) is 12.7. The number of carboxylic acids is 2.